The first-order chi connectivity index (χ1) is 10.6. The van der Waals surface area contributed by atoms with Crippen LogP contribution in [0.5, 0.6) is 0 Å². The summed E-state index contributed by atoms with van der Waals surface area (Å²) in [6, 6.07) is 5.90. The third-order valence-electron chi connectivity index (χ3n) is 4.23. The van der Waals surface area contributed by atoms with Crippen molar-refractivity contribution < 1.29 is 14.6 Å². The van der Waals surface area contributed by atoms with Crippen molar-refractivity contribution in [3.05, 3.63) is 29.3 Å². The molecule has 1 fully saturated rings. The van der Waals surface area contributed by atoms with Gasteiger partial charge < -0.3 is 20.1 Å². The summed E-state index contributed by atoms with van der Waals surface area (Å²) >= 11 is 0. The van der Waals surface area contributed by atoms with Crippen LogP contribution in [0.15, 0.2) is 18.2 Å². The third kappa shape index (κ3) is 4.45. The Balaban J connectivity index is 1.81. The molecule has 0 atom stereocenters. The van der Waals surface area contributed by atoms with Crippen LogP contribution in [-0.2, 0) is 4.74 Å². The number of rotatable bonds is 5. The summed E-state index contributed by atoms with van der Waals surface area (Å²) in [7, 11) is 0. The van der Waals surface area contributed by atoms with E-state index in [9.17, 15) is 4.79 Å². The van der Waals surface area contributed by atoms with Crippen molar-refractivity contribution in [1.82, 2.24) is 4.90 Å². The molecule has 2 N–H and O–H groups in total. The summed E-state index contributed by atoms with van der Waals surface area (Å²) < 4.78 is 5.69. The Morgan fingerprint density at radius 1 is 1.36 bits per heavy atom. The van der Waals surface area contributed by atoms with Gasteiger partial charge in [-0.1, -0.05) is 12.1 Å². The van der Waals surface area contributed by atoms with Gasteiger partial charge in [0.15, 0.2) is 0 Å². The molecule has 0 bridgehead atoms. The number of aliphatic hydroxyl groups excluding tert-OH is 1. The van der Waals surface area contributed by atoms with E-state index in [4.69, 9.17) is 9.84 Å². The number of amides is 2. The quantitative estimate of drug-likeness (QED) is 0.822. The number of hydrogen-bond donors (Lipinski definition) is 2. The molecule has 0 aromatic heterocycles. The molecule has 2 rings (SSSR count). The second-order valence-electron chi connectivity index (χ2n) is 5.81. The molecule has 0 radical (unpaired) electrons. The summed E-state index contributed by atoms with van der Waals surface area (Å²) in [5.74, 6) is 0. The van der Waals surface area contributed by atoms with E-state index in [2.05, 4.69) is 5.32 Å². The van der Waals surface area contributed by atoms with Gasteiger partial charge in [-0.3, -0.25) is 0 Å². The van der Waals surface area contributed by atoms with E-state index in [0.717, 1.165) is 24.1 Å². The lowest BCUT2D eigenvalue weighted by molar-refractivity contribution is 0.0101. The Kier molecular flexibility index (Phi) is 6.21. The lowest BCUT2D eigenvalue weighted by atomic mass is 10.1. The van der Waals surface area contributed by atoms with Crippen molar-refractivity contribution in [2.75, 3.05) is 31.6 Å². The average Bonchev–Trinajstić information content (AvgIpc) is 2.53. The van der Waals surface area contributed by atoms with Crippen molar-refractivity contribution in [2.45, 2.75) is 39.2 Å². The molecule has 5 heteroatoms. The van der Waals surface area contributed by atoms with E-state index in [1.165, 1.54) is 5.56 Å². The van der Waals surface area contributed by atoms with Gasteiger partial charge in [0, 0.05) is 32.0 Å². The Bertz CT molecular complexity index is 497. The van der Waals surface area contributed by atoms with E-state index >= 15 is 0 Å². The largest absolute Gasteiger partial charge is 0.396 e. The van der Waals surface area contributed by atoms with E-state index < -0.39 is 0 Å². The molecular weight excluding hydrogens is 280 g/mol. The molecule has 1 aromatic rings. The number of urea groups is 1. The second-order valence-corrected chi connectivity index (χ2v) is 5.81. The maximum atomic E-state index is 12.3. The normalized spacial score (nSPS) is 15.9. The first-order valence-electron chi connectivity index (χ1n) is 7.96. The second kappa shape index (κ2) is 8.15. The fraction of sp³-hybridized carbons (Fsp3) is 0.588. The number of aliphatic hydroxyl groups is 1. The predicted molar refractivity (Wildman–Crippen MR) is 87.2 cm³/mol. The van der Waals surface area contributed by atoms with Crippen molar-refractivity contribution >= 4 is 11.7 Å². The average molecular weight is 306 g/mol. The number of ether oxygens (including phenoxy) is 1. The third-order valence-corrected chi connectivity index (χ3v) is 4.23. The monoisotopic (exact) mass is 306 g/mol. The maximum absolute atomic E-state index is 12.3. The SMILES string of the molecule is Cc1cccc(NC(=O)N2CCC(OCCCO)CC2)c1C. The molecule has 0 unspecified atom stereocenters. The minimum absolute atomic E-state index is 0.0393. The highest BCUT2D eigenvalue weighted by Crippen LogP contribution is 2.20. The van der Waals surface area contributed by atoms with Crippen LogP contribution in [0.25, 0.3) is 0 Å². The minimum Gasteiger partial charge on any atom is -0.396 e. The zero-order valence-electron chi connectivity index (χ0n) is 13.5. The number of hydrogen-bond acceptors (Lipinski definition) is 3. The number of anilines is 1. The number of piperidine rings is 1. The van der Waals surface area contributed by atoms with Gasteiger partial charge in [-0.05, 0) is 50.3 Å². The molecule has 5 nitrogen and oxygen atoms in total. The lowest BCUT2D eigenvalue weighted by Gasteiger charge is -2.32. The number of nitrogens with one attached hydrogen (secondary N) is 1. The molecule has 1 heterocycles. The molecular formula is C17H26N2O3. The summed E-state index contributed by atoms with van der Waals surface area (Å²) in [5.41, 5.74) is 3.16. The number of benzene rings is 1. The fourth-order valence-corrected chi connectivity index (χ4v) is 2.62. The van der Waals surface area contributed by atoms with Gasteiger partial charge >= 0.3 is 6.03 Å². The van der Waals surface area contributed by atoms with E-state index in [1.54, 1.807) is 0 Å². The van der Waals surface area contributed by atoms with Crippen LogP contribution in [-0.4, -0.2) is 48.4 Å². The van der Waals surface area contributed by atoms with Crippen LogP contribution in [0.2, 0.25) is 0 Å². The summed E-state index contributed by atoms with van der Waals surface area (Å²) in [6.07, 6.45) is 2.58. The first kappa shape index (κ1) is 16.8. The molecule has 1 aromatic carbocycles. The van der Waals surface area contributed by atoms with Gasteiger partial charge in [0.1, 0.15) is 0 Å². The van der Waals surface area contributed by atoms with Gasteiger partial charge in [-0.25, -0.2) is 4.79 Å². The standard InChI is InChI=1S/C17H26N2O3/c1-13-5-3-6-16(14(13)2)18-17(21)19-9-7-15(8-10-19)22-12-4-11-20/h3,5-6,15,20H,4,7-12H2,1-2H3,(H,18,21). The smallest absolute Gasteiger partial charge is 0.321 e. The van der Waals surface area contributed by atoms with Gasteiger partial charge in [-0.2, -0.15) is 0 Å². The van der Waals surface area contributed by atoms with Crippen LogP contribution in [0, 0.1) is 13.8 Å². The molecule has 0 aliphatic carbocycles. The van der Waals surface area contributed by atoms with Crippen molar-refractivity contribution in [2.24, 2.45) is 0 Å². The number of aryl methyl sites for hydroxylation is 1. The van der Waals surface area contributed by atoms with Gasteiger partial charge in [-0.15, -0.1) is 0 Å². The zero-order chi connectivity index (χ0) is 15.9. The summed E-state index contributed by atoms with van der Waals surface area (Å²) in [6.45, 7) is 6.24. The van der Waals surface area contributed by atoms with Crippen molar-refractivity contribution in [3.63, 3.8) is 0 Å². The Labute approximate surface area is 132 Å². The molecule has 1 aliphatic rings. The number of carbonyl (C=O) groups excluding carboxylic acids is 1. The molecule has 2 amide bonds. The van der Waals surface area contributed by atoms with Gasteiger partial charge in [0.2, 0.25) is 0 Å². The van der Waals surface area contributed by atoms with Crippen LogP contribution < -0.4 is 5.32 Å². The molecule has 122 valence electrons. The molecule has 1 saturated heterocycles. The van der Waals surface area contributed by atoms with E-state index in [-0.39, 0.29) is 18.7 Å². The molecule has 22 heavy (non-hydrogen) atoms. The highest BCUT2D eigenvalue weighted by Gasteiger charge is 2.23. The van der Waals surface area contributed by atoms with Crippen LogP contribution in [0.3, 0.4) is 0 Å². The van der Waals surface area contributed by atoms with E-state index in [1.807, 2.05) is 36.9 Å². The van der Waals surface area contributed by atoms with Crippen LogP contribution >= 0.6 is 0 Å². The minimum atomic E-state index is -0.0393. The Hall–Kier alpha value is -1.59. The topological polar surface area (TPSA) is 61.8 Å². The molecule has 1 aliphatic heterocycles. The van der Waals surface area contributed by atoms with Crippen molar-refractivity contribution in [3.8, 4) is 0 Å². The fourth-order valence-electron chi connectivity index (χ4n) is 2.62. The van der Waals surface area contributed by atoms with Crippen LogP contribution in [0.1, 0.15) is 30.4 Å². The molecule has 0 saturated carbocycles. The summed E-state index contributed by atoms with van der Waals surface area (Å²) in [5, 5.41) is 11.8. The molecule has 0 spiro atoms. The Morgan fingerprint density at radius 3 is 2.77 bits per heavy atom. The zero-order valence-corrected chi connectivity index (χ0v) is 13.5. The number of likely N-dealkylation sites (tertiary alicyclic amines) is 1. The van der Waals surface area contributed by atoms with Gasteiger partial charge in [0.05, 0.1) is 6.10 Å². The van der Waals surface area contributed by atoms with Crippen LogP contribution in [0.4, 0.5) is 10.5 Å². The van der Waals surface area contributed by atoms with Crippen molar-refractivity contribution in [1.29, 1.82) is 0 Å². The highest BCUT2D eigenvalue weighted by atomic mass is 16.5. The number of carbonyl (C=O) groups is 1. The Morgan fingerprint density at radius 2 is 2.09 bits per heavy atom. The van der Waals surface area contributed by atoms with Gasteiger partial charge in [0.25, 0.3) is 0 Å². The first-order valence-corrected chi connectivity index (χ1v) is 7.96. The number of nitrogens with zero attached hydrogens (tertiary/aromatic N) is 1. The van der Waals surface area contributed by atoms with E-state index in [0.29, 0.717) is 26.1 Å². The maximum Gasteiger partial charge on any atom is 0.321 e. The lowest BCUT2D eigenvalue weighted by Crippen LogP contribution is -2.43. The summed E-state index contributed by atoms with van der Waals surface area (Å²) in [4.78, 5) is 14.2. The highest BCUT2D eigenvalue weighted by molar-refractivity contribution is 5.90. The predicted octanol–water partition coefficient (Wildman–Crippen LogP) is 2.70.